The molecule has 2 aromatic rings. The summed E-state index contributed by atoms with van der Waals surface area (Å²) in [6.07, 6.45) is 0. The molecule has 2 rings (SSSR count). The number of hydrogen-bond donors (Lipinski definition) is 1. The highest BCUT2D eigenvalue weighted by atomic mass is 32.2. The molecule has 1 N–H and O–H groups in total. The smallest absolute Gasteiger partial charge is 0.313 e. The molecule has 0 heterocycles. The average molecular weight is 244 g/mol. The molecule has 0 saturated heterocycles. The predicted molar refractivity (Wildman–Crippen MR) is 70.2 cm³/mol. The van der Waals surface area contributed by atoms with Gasteiger partial charge in [0.15, 0.2) is 0 Å². The van der Waals surface area contributed by atoms with E-state index in [9.17, 15) is 4.79 Å². The number of carboxylic acid groups (broad SMARTS) is 1. The first-order valence-electron chi connectivity index (χ1n) is 5.26. The van der Waals surface area contributed by atoms with Crippen molar-refractivity contribution in [3.05, 3.63) is 54.6 Å². The molecular weight excluding hydrogens is 232 g/mol. The van der Waals surface area contributed by atoms with Gasteiger partial charge >= 0.3 is 5.97 Å². The summed E-state index contributed by atoms with van der Waals surface area (Å²) in [5.41, 5.74) is 2.31. The van der Waals surface area contributed by atoms with Crippen LogP contribution < -0.4 is 0 Å². The Balaban J connectivity index is 2.11. The summed E-state index contributed by atoms with van der Waals surface area (Å²) in [4.78, 5) is 11.4. The summed E-state index contributed by atoms with van der Waals surface area (Å²) in [5.74, 6) is -0.688. The molecule has 0 fully saturated rings. The van der Waals surface area contributed by atoms with Crippen LogP contribution in [0.25, 0.3) is 11.1 Å². The normalized spacial score (nSPS) is 10.1. The van der Waals surface area contributed by atoms with Crippen molar-refractivity contribution in [2.75, 3.05) is 5.75 Å². The van der Waals surface area contributed by atoms with E-state index in [1.165, 1.54) is 17.3 Å². The maximum atomic E-state index is 10.4. The molecule has 3 heteroatoms. The van der Waals surface area contributed by atoms with Crippen LogP contribution in [0, 0.1) is 0 Å². The highest BCUT2D eigenvalue weighted by molar-refractivity contribution is 8.00. The molecule has 0 aliphatic rings. The van der Waals surface area contributed by atoms with E-state index in [4.69, 9.17) is 5.11 Å². The monoisotopic (exact) mass is 244 g/mol. The molecular formula is C14H12O2S. The van der Waals surface area contributed by atoms with Crippen molar-refractivity contribution in [1.29, 1.82) is 0 Å². The maximum absolute atomic E-state index is 10.4. The van der Waals surface area contributed by atoms with Crippen LogP contribution in [0.5, 0.6) is 0 Å². The quantitative estimate of drug-likeness (QED) is 0.836. The highest BCUT2D eigenvalue weighted by Gasteiger charge is 2.00. The topological polar surface area (TPSA) is 37.3 Å². The minimum atomic E-state index is -0.790. The van der Waals surface area contributed by atoms with Crippen LogP contribution in [-0.4, -0.2) is 16.8 Å². The van der Waals surface area contributed by atoms with Crippen LogP contribution in [0.15, 0.2) is 59.5 Å². The zero-order valence-electron chi connectivity index (χ0n) is 9.17. The molecule has 0 aliphatic carbocycles. The first kappa shape index (κ1) is 11.7. The van der Waals surface area contributed by atoms with Gasteiger partial charge in [0.05, 0.1) is 5.75 Å². The van der Waals surface area contributed by atoms with E-state index < -0.39 is 5.97 Å². The third-order valence-corrected chi connectivity index (χ3v) is 3.32. The Bertz CT molecular complexity index is 491. The third kappa shape index (κ3) is 3.36. The SMILES string of the molecule is O=C(O)CSc1ccc(-c2ccccc2)cc1. The van der Waals surface area contributed by atoms with Gasteiger partial charge in [0, 0.05) is 4.90 Å². The van der Waals surface area contributed by atoms with Crippen molar-refractivity contribution >= 4 is 17.7 Å². The van der Waals surface area contributed by atoms with E-state index >= 15 is 0 Å². The standard InChI is InChI=1S/C14H12O2S/c15-14(16)10-17-13-8-6-12(7-9-13)11-4-2-1-3-5-11/h1-9H,10H2,(H,15,16). The maximum Gasteiger partial charge on any atom is 0.313 e. The van der Waals surface area contributed by atoms with E-state index in [2.05, 4.69) is 12.1 Å². The Kier molecular flexibility index (Phi) is 3.83. The van der Waals surface area contributed by atoms with Crippen molar-refractivity contribution < 1.29 is 9.90 Å². The summed E-state index contributed by atoms with van der Waals surface area (Å²) < 4.78 is 0. The first-order valence-corrected chi connectivity index (χ1v) is 6.24. The summed E-state index contributed by atoms with van der Waals surface area (Å²) in [6.45, 7) is 0. The summed E-state index contributed by atoms with van der Waals surface area (Å²) in [6, 6.07) is 18.0. The van der Waals surface area contributed by atoms with Crippen LogP contribution in [0.3, 0.4) is 0 Å². The molecule has 0 amide bonds. The van der Waals surface area contributed by atoms with E-state index in [0.717, 1.165) is 10.5 Å². The van der Waals surface area contributed by atoms with E-state index in [1.54, 1.807) is 0 Å². The number of aliphatic carboxylic acids is 1. The summed E-state index contributed by atoms with van der Waals surface area (Å²) in [7, 11) is 0. The van der Waals surface area contributed by atoms with Crippen molar-refractivity contribution in [2.24, 2.45) is 0 Å². The van der Waals surface area contributed by atoms with E-state index in [1.807, 2.05) is 42.5 Å². The van der Waals surface area contributed by atoms with Crippen LogP contribution in [0.4, 0.5) is 0 Å². The van der Waals surface area contributed by atoms with Gasteiger partial charge in [-0.2, -0.15) is 0 Å². The molecule has 2 aromatic carbocycles. The lowest BCUT2D eigenvalue weighted by atomic mass is 10.1. The van der Waals surface area contributed by atoms with Crippen molar-refractivity contribution in [1.82, 2.24) is 0 Å². The van der Waals surface area contributed by atoms with Gasteiger partial charge in [0.1, 0.15) is 0 Å². The van der Waals surface area contributed by atoms with Gasteiger partial charge < -0.3 is 5.11 Å². The number of thioether (sulfide) groups is 1. The van der Waals surface area contributed by atoms with Gasteiger partial charge in [-0.1, -0.05) is 42.5 Å². The van der Waals surface area contributed by atoms with Crippen molar-refractivity contribution in [3.63, 3.8) is 0 Å². The third-order valence-electron chi connectivity index (χ3n) is 2.32. The zero-order valence-corrected chi connectivity index (χ0v) is 9.98. The molecule has 0 bridgehead atoms. The molecule has 0 unspecified atom stereocenters. The second-order valence-corrected chi connectivity index (χ2v) is 4.62. The van der Waals surface area contributed by atoms with E-state index in [-0.39, 0.29) is 5.75 Å². The fourth-order valence-corrected chi connectivity index (χ4v) is 2.14. The second kappa shape index (κ2) is 5.55. The summed E-state index contributed by atoms with van der Waals surface area (Å²) in [5, 5.41) is 8.59. The number of carboxylic acids is 1. The molecule has 86 valence electrons. The molecule has 0 atom stereocenters. The van der Waals surface area contributed by atoms with Crippen LogP contribution in [0.1, 0.15) is 0 Å². The van der Waals surface area contributed by atoms with Crippen LogP contribution >= 0.6 is 11.8 Å². The van der Waals surface area contributed by atoms with Gasteiger partial charge in [0.2, 0.25) is 0 Å². The first-order chi connectivity index (χ1) is 8.25. The lowest BCUT2D eigenvalue weighted by molar-refractivity contribution is -0.133. The Labute approximate surface area is 104 Å². The van der Waals surface area contributed by atoms with Gasteiger partial charge in [-0.15, -0.1) is 11.8 Å². The van der Waals surface area contributed by atoms with Gasteiger partial charge in [-0.05, 0) is 23.3 Å². The van der Waals surface area contributed by atoms with Gasteiger partial charge in [-0.3, -0.25) is 4.79 Å². The van der Waals surface area contributed by atoms with Crippen molar-refractivity contribution in [3.8, 4) is 11.1 Å². The predicted octanol–water partition coefficient (Wildman–Crippen LogP) is 3.53. The van der Waals surface area contributed by atoms with Crippen LogP contribution in [-0.2, 0) is 4.79 Å². The lowest BCUT2D eigenvalue weighted by Gasteiger charge is -2.03. The average Bonchev–Trinajstić information content (AvgIpc) is 2.38. The lowest BCUT2D eigenvalue weighted by Crippen LogP contribution is -1.97. The molecule has 0 saturated carbocycles. The Morgan fingerprint density at radius 1 is 0.941 bits per heavy atom. The van der Waals surface area contributed by atoms with Gasteiger partial charge in [0.25, 0.3) is 0 Å². The number of benzene rings is 2. The Hall–Kier alpha value is -1.74. The molecule has 17 heavy (non-hydrogen) atoms. The van der Waals surface area contributed by atoms with Gasteiger partial charge in [-0.25, -0.2) is 0 Å². The number of rotatable bonds is 4. The highest BCUT2D eigenvalue weighted by Crippen LogP contribution is 2.23. The minimum Gasteiger partial charge on any atom is -0.481 e. The Morgan fingerprint density at radius 3 is 2.12 bits per heavy atom. The van der Waals surface area contributed by atoms with Crippen molar-refractivity contribution in [2.45, 2.75) is 4.90 Å². The second-order valence-electron chi connectivity index (χ2n) is 3.57. The molecule has 0 aliphatic heterocycles. The fourth-order valence-electron chi connectivity index (χ4n) is 1.52. The molecule has 0 radical (unpaired) electrons. The molecule has 2 nitrogen and oxygen atoms in total. The number of hydrogen-bond acceptors (Lipinski definition) is 2. The van der Waals surface area contributed by atoms with Crippen LogP contribution in [0.2, 0.25) is 0 Å². The minimum absolute atomic E-state index is 0.102. The zero-order chi connectivity index (χ0) is 12.1. The molecule has 0 spiro atoms. The Morgan fingerprint density at radius 2 is 1.53 bits per heavy atom. The largest absolute Gasteiger partial charge is 0.481 e. The number of carbonyl (C=O) groups is 1. The molecule has 0 aromatic heterocycles. The fraction of sp³-hybridized carbons (Fsp3) is 0.0714. The van der Waals surface area contributed by atoms with E-state index in [0.29, 0.717) is 0 Å². The summed E-state index contributed by atoms with van der Waals surface area (Å²) >= 11 is 1.33.